The van der Waals surface area contributed by atoms with E-state index in [0.717, 1.165) is 25.9 Å². The third kappa shape index (κ3) is 5.27. The topological polar surface area (TPSA) is 64.3 Å². The minimum absolute atomic E-state index is 0.197. The van der Waals surface area contributed by atoms with Gasteiger partial charge in [-0.1, -0.05) is 23.2 Å². The Balaban J connectivity index is 2.42. The molecule has 106 valence electrons. The molecule has 6 heteroatoms. The van der Waals surface area contributed by atoms with Crippen molar-refractivity contribution in [3.63, 3.8) is 0 Å². The second kappa shape index (κ2) is 8.25. The van der Waals surface area contributed by atoms with Gasteiger partial charge in [-0.05, 0) is 31.4 Å². The molecule has 0 fully saturated rings. The molecule has 0 atom stereocenters. The molecule has 1 aromatic rings. The van der Waals surface area contributed by atoms with Crippen molar-refractivity contribution in [3.8, 4) is 0 Å². The first-order valence-corrected chi connectivity index (χ1v) is 6.83. The Morgan fingerprint density at radius 1 is 1.32 bits per heavy atom. The lowest BCUT2D eigenvalue weighted by Gasteiger charge is -2.08. The molecular weight excluding hydrogens is 287 g/mol. The molecule has 4 nitrogen and oxygen atoms in total. The van der Waals surface area contributed by atoms with Crippen molar-refractivity contribution in [2.45, 2.75) is 19.3 Å². The van der Waals surface area contributed by atoms with Gasteiger partial charge < -0.3 is 15.8 Å². The van der Waals surface area contributed by atoms with Gasteiger partial charge >= 0.3 is 0 Å². The first kappa shape index (κ1) is 16.1. The molecule has 1 rings (SSSR count). The molecule has 0 heterocycles. The summed E-state index contributed by atoms with van der Waals surface area (Å²) < 4.78 is 4.95. The highest BCUT2D eigenvalue weighted by Gasteiger charge is 2.10. The quantitative estimate of drug-likeness (QED) is 0.601. The molecule has 0 aliphatic heterocycles. The van der Waals surface area contributed by atoms with E-state index in [1.807, 2.05) is 0 Å². The summed E-state index contributed by atoms with van der Waals surface area (Å²) in [6.07, 6.45) is 2.91. The summed E-state index contributed by atoms with van der Waals surface area (Å²) in [7, 11) is 1.68. The molecule has 1 amide bonds. The van der Waals surface area contributed by atoms with E-state index in [1.54, 1.807) is 7.11 Å². The van der Waals surface area contributed by atoms with Gasteiger partial charge in [0, 0.05) is 25.8 Å². The lowest BCUT2D eigenvalue weighted by Crippen LogP contribution is -2.24. The average molecular weight is 305 g/mol. The van der Waals surface area contributed by atoms with Gasteiger partial charge in [-0.25, -0.2) is 0 Å². The predicted molar refractivity (Wildman–Crippen MR) is 78.9 cm³/mol. The number of benzene rings is 1. The second-order valence-electron chi connectivity index (χ2n) is 4.17. The number of methoxy groups -OCH3 is 1. The van der Waals surface area contributed by atoms with E-state index in [1.165, 1.54) is 12.1 Å². The van der Waals surface area contributed by atoms with Crippen molar-refractivity contribution in [2.24, 2.45) is 0 Å². The number of carbonyl (C=O) groups is 1. The van der Waals surface area contributed by atoms with Crippen molar-refractivity contribution in [2.75, 3.05) is 26.0 Å². The molecule has 0 aliphatic carbocycles. The van der Waals surface area contributed by atoms with Gasteiger partial charge in [0.25, 0.3) is 5.91 Å². The molecule has 0 aliphatic rings. The summed E-state index contributed by atoms with van der Waals surface area (Å²) in [5, 5.41) is 3.37. The monoisotopic (exact) mass is 304 g/mol. The SMILES string of the molecule is COCCCCCNC(=O)c1cc(N)c(Cl)c(Cl)c1. The molecule has 0 unspecified atom stereocenters. The fraction of sp³-hybridized carbons (Fsp3) is 0.462. The summed E-state index contributed by atoms with van der Waals surface area (Å²) in [5.74, 6) is -0.197. The number of anilines is 1. The van der Waals surface area contributed by atoms with Gasteiger partial charge in [0.2, 0.25) is 0 Å². The fourth-order valence-corrected chi connectivity index (χ4v) is 1.93. The Morgan fingerprint density at radius 2 is 2.05 bits per heavy atom. The number of nitrogen functional groups attached to an aromatic ring is 1. The first-order chi connectivity index (χ1) is 9.06. The molecule has 0 radical (unpaired) electrons. The molecule has 0 saturated carbocycles. The zero-order valence-electron chi connectivity index (χ0n) is 10.8. The van der Waals surface area contributed by atoms with E-state index >= 15 is 0 Å². The summed E-state index contributed by atoms with van der Waals surface area (Å²) in [6.45, 7) is 1.36. The third-order valence-corrected chi connectivity index (χ3v) is 3.45. The van der Waals surface area contributed by atoms with Gasteiger partial charge in [0.15, 0.2) is 0 Å². The molecule has 0 spiro atoms. The highest BCUT2D eigenvalue weighted by Crippen LogP contribution is 2.29. The van der Waals surface area contributed by atoms with Gasteiger partial charge in [-0.15, -0.1) is 0 Å². The summed E-state index contributed by atoms with van der Waals surface area (Å²) >= 11 is 11.7. The number of nitrogens with two attached hydrogens (primary N) is 1. The number of amides is 1. The molecule has 0 aromatic heterocycles. The zero-order chi connectivity index (χ0) is 14.3. The minimum Gasteiger partial charge on any atom is -0.397 e. The third-order valence-electron chi connectivity index (χ3n) is 2.63. The number of nitrogens with one attached hydrogen (secondary N) is 1. The lowest BCUT2D eigenvalue weighted by molar-refractivity contribution is 0.0952. The van der Waals surface area contributed by atoms with Crippen LogP contribution in [-0.2, 0) is 4.74 Å². The molecule has 0 bridgehead atoms. The average Bonchev–Trinajstić information content (AvgIpc) is 2.39. The van der Waals surface area contributed by atoms with Crippen molar-refractivity contribution >= 4 is 34.8 Å². The van der Waals surface area contributed by atoms with Crippen LogP contribution < -0.4 is 11.1 Å². The molecule has 3 N–H and O–H groups in total. The van der Waals surface area contributed by atoms with Gasteiger partial charge in [0.05, 0.1) is 15.7 Å². The van der Waals surface area contributed by atoms with Crippen LogP contribution in [0.1, 0.15) is 29.6 Å². The lowest BCUT2D eigenvalue weighted by atomic mass is 10.2. The van der Waals surface area contributed by atoms with Crippen molar-refractivity contribution in [3.05, 3.63) is 27.7 Å². The van der Waals surface area contributed by atoms with E-state index < -0.39 is 0 Å². The molecule has 19 heavy (non-hydrogen) atoms. The smallest absolute Gasteiger partial charge is 0.251 e. The summed E-state index contributed by atoms with van der Waals surface area (Å²) in [4.78, 5) is 11.9. The van der Waals surface area contributed by atoms with Crippen LogP contribution in [0.3, 0.4) is 0 Å². The first-order valence-electron chi connectivity index (χ1n) is 6.08. The number of unbranched alkanes of at least 4 members (excludes halogenated alkanes) is 2. The Kier molecular flexibility index (Phi) is 6.99. The van der Waals surface area contributed by atoms with E-state index in [9.17, 15) is 4.79 Å². The van der Waals surface area contributed by atoms with Crippen LogP contribution in [0.2, 0.25) is 10.0 Å². The van der Waals surface area contributed by atoms with Crippen LogP contribution in [0.4, 0.5) is 5.69 Å². The number of rotatable bonds is 7. The number of halogens is 2. The number of carbonyl (C=O) groups excluding carboxylic acids is 1. The largest absolute Gasteiger partial charge is 0.397 e. The number of ether oxygens (including phenoxy) is 1. The van der Waals surface area contributed by atoms with Crippen molar-refractivity contribution < 1.29 is 9.53 Å². The fourth-order valence-electron chi connectivity index (χ4n) is 1.59. The molecule has 0 saturated heterocycles. The second-order valence-corrected chi connectivity index (χ2v) is 4.96. The van der Waals surface area contributed by atoms with E-state index in [4.69, 9.17) is 33.7 Å². The normalized spacial score (nSPS) is 10.5. The zero-order valence-corrected chi connectivity index (χ0v) is 12.4. The van der Waals surface area contributed by atoms with E-state index in [-0.39, 0.29) is 16.0 Å². The summed E-state index contributed by atoms with van der Waals surface area (Å²) in [6, 6.07) is 3.04. The van der Waals surface area contributed by atoms with Crippen LogP contribution in [0, 0.1) is 0 Å². The Bertz CT molecular complexity index is 416. The van der Waals surface area contributed by atoms with Crippen molar-refractivity contribution in [1.29, 1.82) is 0 Å². The predicted octanol–water partition coefficient (Wildman–Crippen LogP) is 3.12. The van der Waals surface area contributed by atoms with Crippen molar-refractivity contribution in [1.82, 2.24) is 5.32 Å². The maximum absolute atomic E-state index is 11.9. The molecular formula is C13H18Cl2N2O2. The number of hydrogen-bond acceptors (Lipinski definition) is 3. The maximum Gasteiger partial charge on any atom is 0.251 e. The van der Waals surface area contributed by atoms with Crippen LogP contribution in [-0.4, -0.2) is 26.2 Å². The maximum atomic E-state index is 11.9. The van der Waals surface area contributed by atoms with E-state index in [0.29, 0.717) is 17.8 Å². The highest BCUT2D eigenvalue weighted by atomic mass is 35.5. The highest BCUT2D eigenvalue weighted by molar-refractivity contribution is 6.43. The Labute approximate surface area is 123 Å². The molecule has 1 aromatic carbocycles. The number of hydrogen-bond donors (Lipinski definition) is 2. The van der Waals surface area contributed by atoms with Crippen LogP contribution in [0.15, 0.2) is 12.1 Å². The van der Waals surface area contributed by atoms with Gasteiger partial charge in [-0.3, -0.25) is 4.79 Å². The summed E-state index contributed by atoms with van der Waals surface area (Å²) in [5.41, 5.74) is 6.38. The van der Waals surface area contributed by atoms with E-state index in [2.05, 4.69) is 5.32 Å². The van der Waals surface area contributed by atoms with Crippen LogP contribution in [0.5, 0.6) is 0 Å². The van der Waals surface area contributed by atoms with Crippen LogP contribution in [0.25, 0.3) is 0 Å². The van der Waals surface area contributed by atoms with Gasteiger partial charge in [0.1, 0.15) is 0 Å². The van der Waals surface area contributed by atoms with Crippen LogP contribution >= 0.6 is 23.2 Å². The standard InChI is InChI=1S/C13H18Cl2N2O2/c1-19-6-4-2-3-5-17-13(18)9-7-10(14)12(15)11(16)8-9/h7-8H,2-6,16H2,1H3,(H,17,18). The Morgan fingerprint density at radius 3 is 2.68 bits per heavy atom. The Hall–Kier alpha value is -0.970. The van der Waals surface area contributed by atoms with Gasteiger partial charge in [-0.2, -0.15) is 0 Å². The minimum atomic E-state index is -0.197.